The van der Waals surface area contributed by atoms with E-state index < -0.39 is 0 Å². The molecule has 1 aromatic rings. The molecular formula is C9H12OS. The molecule has 1 nitrogen and oxygen atoms in total. The van der Waals surface area contributed by atoms with Crippen LogP contribution in [0.15, 0.2) is 24.3 Å². The summed E-state index contributed by atoms with van der Waals surface area (Å²) >= 11 is 4.32. The highest BCUT2D eigenvalue weighted by molar-refractivity contribution is 7.80. The Bertz CT molecular complexity index is 233. The standard InChI is InChI=1S/C9H12OS/c1-7(11)8-4-3-5-9(6-8)10-2/h3-7,11H,1-2H3/t7-/m1/s1. The van der Waals surface area contributed by atoms with Gasteiger partial charge in [-0.1, -0.05) is 12.1 Å². The van der Waals surface area contributed by atoms with E-state index in [1.165, 1.54) is 5.56 Å². The first-order valence-corrected chi connectivity index (χ1v) is 4.07. The van der Waals surface area contributed by atoms with Gasteiger partial charge >= 0.3 is 0 Å². The smallest absolute Gasteiger partial charge is 0.119 e. The topological polar surface area (TPSA) is 9.23 Å². The highest BCUT2D eigenvalue weighted by Crippen LogP contribution is 2.22. The van der Waals surface area contributed by atoms with Crippen molar-refractivity contribution in [3.8, 4) is 5.75 Å². The number of hydrogen-bond acceptors (Lipinski definition) is 2. The lowest BCUT2D eigenvalue weighted by Gasteiger charge is -2.05. The highest BCUT2D eigenvalue weighted by Gasteiger charge is 1.99. The molecule has 0 saturated heterocycles. The van der Waals surface area contributed by atoms with E-state index in [0.717, 1.165) is 5.75 Å². The van der Waals surface area contributed by atoms with Crippen molar-refractivity contribution in [3.05, 3.63) is 29.8 Å². The van der Waals surface area contributed by atoms with Crippen LogP contribution in [-0.4, -0.2) is 7.11 Å². The first-order chi connectivity index (χ1) is 5.24. The quantitative estimate of drug-likeness (QED) is 0.668. The fourth-order valence-corrected chi connectivity index (χ4v) is 1.06. The van der Waals surface area contributed by atoms with E-state index in [-0.39, 0.29) is 5.25 Å². The maximum Gasteiger partial charge on any atom is 0.119 e. The Hall–Kier alpha value is -0.630. The van der Waals surface area contributed by atoms with Gasteiger partial charge in [0.1, 0.15) is 5.75 Å². The Kier molecular flexibility index (Phi) is 2.83. The van der Waals surface area contributed by atoms with Gasteiger partial charge in [0.25, 0.3) is 0 Å². The summed E-state index contributed by atoms with van der Waals surface area (Å²) in [6.07, 6.45) is 0. The Morgan fingerprint density at radius 3 is 2.73 bits per heavy atom. The zero-order valence-corrected chi connectivity index (χ0v) is 7.64. The average Bonchev–Trinajstić information content (AvgIpc) is 2.05. The molecule has 0 fully saturated rings. The molecule has 0 aromatic heterocycles. The number of ether oxygens (including phenoxy) is 1. The number of thiol groups is 1. The highest BCUT2D eigenvalue weighted by atomic mass is 32.1. The molecule has 0 aliphatic heterocycles. The van der Waals surface area contributed by atoms with Gasteiger partial charge < -0.3 is 4.74 Å². The van der Waals surface area contributed by atoms with E-state index in [1.54, 1.807) is 7.11 Å². The third-order valence-electron chi connectivity index (χ3n) is 1.58. The summed E-state index contributed by atoms with van der Waals surface area (Å²) in [7, 11) is 1.67. The molecule has 0 saturated carbocycles. The Morgan fingerprint density at radius 2 is 2.18 bits per heavy atom. The average molecular weight is 168 g/mol. The number of benzene rings is 1. The Labute approximate surface area is 72.8 Å². The predicted octanol–water partition coefficient (Wildman–Crippen LogP) is 2.69. The molecule has 1 atom stereocenters. The molecule has 0 amide bonds. The molecule has 0 heterocycles. The van der Waals surface area contributed by atoms with Crippen molar-refractivity contribution < 1.29 is 4.74 Å². The van der Waals surface area contributed by atoms with Gasteiger partial charge in [-0.3, -0.25) is 0 Å². The minimum atomic E-state index is 0.269. The molecule has 0 aliphatic carbocycles. The number of hydrogen-bond donors (Lipinski definition) is 1. The maximum absolute atomic E-state index is 5.07. The molecule has 0 spiro atoms. The third-order valence-corrected chi connectivity index (χ3v) is 1.87. The van der Waals surface area contributed by atoms with Gasteiger partial charge in [0, 0.05) is 5.25 Å². The predicted molar refractivity (Wildman–Crippen MR) is 50.4 cm³/mol. The van der Waals surface area contributed by atoms with Crippen LogP contribution in [0.3, 0.4) is 0 Å². The van der Waals surface area contributed by atoms with Crippen molar-refractivity contribution >= 4 is 12.6 Å². The van der Waals surface area contributed by atoms with E-state index in [1.807, 2.05) is 31.2 Å². The van der Waals surface area contributed by atoms with Gasteiger partial charge in [-0.05, 0) is 24.6 Å². The fourth-order valence-electron chi connectivity index (χ4n) is 0.901. The zero-order valence-electron chi connectivity index (χ0n) is 6.74. The van der Waals surface area contributed by atoms with Crippen molar-refractivity contribution in [1.29, 1.82) is 0 Å². The monoisotopic (exact) mass is 168 g/mol. The molecule has 2 heteroatoms. The molecule has 0 unspecified atom stereocenters. The molecule has 0 N–H and O–H groups in total. The minimum absolute atomic E-state index is 0.269. The van der Waals surface area contributed by atoms with Crippen LogP contribution in [0.1, 0.15) is 17.7 Å². The van der Waals surface area contributed by atoms with Gasteiger partial charge in [0.15, 0.2) is 0 Å². The van der Waals surface area contributed by atoms with Gasteiger partial charge in [0.2, 0.25) is 0 Å². The summed E-state index contributed by atoms with van der Waals surface area (Å²) in [6, 6.07) is 7.94. The number of rotatable bonds is 2. The van der Waals surface area contributed by atoms with E-state index in [2.05, 4.69) is 12.6 Å². The summed E-state index contributed by atoms with van der Waals surface area (Å²) in [4.78, 5) is 0. The van der Waals surface area contributed by atoms with Crippen molar-refractivity contribution in [3.63, 3.8) is 0 Å². The van der Waals surface area contributed by atoms with Crippen molar-refractivity contribution in [2.24, 2.45) is 0 Å². The van der Waals surface area contributed by atoms with E-state index in [0.29, 0.717) is 0 Å². The van der Waals surface area contributed by atoms with Gasteiger partial charge in [0.05, 0.1) is 7.11 Å². The third kappa shape index (κ3) is 2.15. The van der Waals surface area contributed by atoms with Gasteiger partial charge in [-0.15, -0.1) is 0 Å². The van der Waals surface area contributed by atoms with Crippen LogP contribution in [0.5, 0.6) is 5.75 Å². The lowest BCUT2D eigenvalue weighted by Crippen LogP contribution is -1.86. The van der Waals surface area contributed by atoms with Gasteiger partial charge in [-0.2, -0.15) is 12.6 Å². The normalized spacial score (nSPS) is 12.6. The molecule has 0 bridgehead atoms. The SMILES string of the molecule is COc1cccc([C@@H](C)S)c1. The van der Waals surface area contributed by atoms with E-state index >= 15 is 0 Å². The van der Waals surface area contributed by atoms with E-state index in [4.69, 9.17) is 4.74 Å². The second-order valence-electron chi connectivity index (χ2n) is 2.45. The molecule has 60 valence electrons. The zero-order chi connectivity index (χ0) is 8.27. The minimum Gasteiger partial charge on any atom is -0.497 e. The summed E-state index contributed by atoms with van der Waals surface area (Å²) in [5.74, 6) is 0.892. The van der Waals surface area contributed by atoms with Crippen LogP contribution in [0.2, 0.25) is 0 Å². The van der Waals surface area contributed by atoms with Crippen molar-refractivity contribution in [2.75, 3.05) is 7.11 Å². The molecule has 1 rings (SSSR count). The van der Waals surface area contributed by atoms with E-state index in [9.17, 15) is 0 Å². The van der Waals surface area contributed by atoms with Crippen LogP contribution in [0.4, 0.5) is 0 Å². The van der Waals surface area contributed by atoms with Crippen LogP contribution in [0, 0.1) is 0 Å². The number of methoxy groups -OCH3 is 1. The van der Waals surface area contributed by atoms with Crippen LogP contribution >= 0.6 is 12.6 Å². The Balaban J connectivity index is 2.91. The lowest BCUT2D eigenvalue weighted by molar-refractivity contribution is 0.414. The fraction of sp³-hybridized carbons (Fsp3) is 0.333. The van der Waals surface area contributed by atoms with Gasteiger partial charge in [-0.25, -0.2) is 0 Å². The molecule has 0 aliphatic rings. The maximum atomic E-state index is 5.07. The van der Waals surface area contributed by atoms with Crippen molar-refractivity contribution in [1.82, 2.24) is 0 Å². The summed E-state index contributed by atoms with van der Waals surface area (Å²) < 4.78 is 5.07. The largest absolute Gasteiger partial charge is 0.497 e. The molecule has 0 radical (unpaired) electrons. The second kappa shape index (κ2) is 3.67. The first kappa shape index (κ1) is 8.47. The van der Waals surface area contributed by atoms with Crippen molar-refractivity contribution in [2.45, 2.75) is 12.2 Å². The molecule has 1 aromatic carbocycles. The summed E-state index contributed by atoms with van der Waals surface area (Å²) in [6.45, 7) is 2.04. The Morgan fingerprint density at radius 1 is 1.45 bits per heavy atom. The molecule has 11 heavy (non-hydrogen) atoms. The second-order valence-corrected chi connectivity index (χ2v) is 3.23. The van der Waals surface area contributed by atoms with Crippen LogP contribution < -0.4 is 4.74 Å². The summed E-state index contributed by atoms with van der Waals surface area (Å²) in [5, 5.41) is 0.269. The molecular weight excluding hydrogens is 156 g/mol. The summed E-state index contributed by atoms with van der Waals surface area (Å²) in [5.41, 5.74) is 1.19. The lowest BCUT2D eigenvalue weighted by atomic mass is 10.1. The van der Waals surface area contributed by atoms with Crippen LogP contribution in [0.25, 0.3) is 0 Å². The van der Waals surface area contributed by atoms with Crippen LogP contribution in [-0.2, 0) is 0 Å². The first-order valence-electron chi connectivity index (χ1n) is 3.56.